The second-order valence-electron chi connectivity index (χ2n) is 36.0. The van der Waals surface area contributed by atoms with Gasteiger partial charge in [0.2, 0.25) is 0 Å². The van der Waals surface area contributed by atoms with E-state index in [1.54, 1.807) is 45.2 Å². The van der Waals surface area contributed by atoms with Crippen molar-refractivity contribution < 1.29 is 103 Å². The van der Waals surface area contributed by atoms with Crippen LogP contribution in [-0.4, -0.2) is 165 Å². The molecule has 750 valence electrons. The Morgan fingerprint density at radius 2 is 0.920 bits per heavy atom. The third-order valence-electron chi connectivity index (χ3n) is 24.6. The molecule has 9 aromatic carbocycles. The highest BCUT2D eigenvalue weighted by Crippen LogP contribution is 2.45. The molecule has 1 aliphatic heterocycles. The normalized spacial score (nSPS) is 13.1. The zero-order chi connectivity index (χ0) is 103. The molecule has 0 aliphatic carbocycles. The fourth-order valence-electron chi connectivity index (χ4n) is 15.3. The zero-order valence-corrected chi connectivity index (χ0v) is 84.4. The van der Waals surface area contributed by atoms with Crippen molar-refractivity contribution >= 4 is 29.8 Å². The molecule has 0 spiro atoms. The average Bonchev–Trinajstić information content (AvgIpc) is 1.11. The van der Waals surface area contributed by atoms with Gasteiger partial charge in [-0.25, -0.2) is 37.7 Å². The number of carbonyl (C=O) groups excluding carboxylic acids is 5. The molecule has 0 radical (unpaired) electrons. The molecule has 1 aliphatic rings. The molecule has 1 aromatic heterocycles. The number of aromatic nitrogens is 3. The van der Waals surface area contributed by atoms with Crippen LogP contribution in [0.25, 0.3) is 0 Å². The molecule has 0 saturated carbocycles. The van der Waals surface area contributed by atoms with Crippen LogP contribution in [0.3, 0.4) is 0 Å². The van der Waals surface area contributed by atoms with Gasteiger partial charge < -0.3 is 78.7 Å². The number of aliphatic hydroxyl groups excluding tert-OH is 2. The fraction of sp³-hybridized carbons (Fsp3) is 0.441. The zero-order valence-electron chi connectivity index (χ0n) is 84.4. The van der Waals surface area contributed by atoms with Crippen LogP contribution in [0.4, 0.5) is 0 Å². The highest BCUT2D eigenvalue weighted by atomic mass is 16.6. The number of phenols is 6. The smallest absolute Gasteiger partial charge is 0.338 e. The number of para-hydroxylation sites is 2. The Morgan fingerprint density at radius 1 is 0.442 bits per heavy atom. The number of aryl methyl sites for hydroxylation is 5. The lowest BCUT2D eigenvalue weighted by Gasteiger charge is -2.36. The van der Waals surface area contributed by atoms with Crippen LogP contribution in [-0.2, 0) is 92.9 Å². The SMILES string of the molecule is CC(CC(C)c1ccc(O)cc1)c1ccccc1.CCC(C)(C)C(=O)OCC1CO1.CCC(C)c1ccc(O)cc1.CCC(CC(C)(CC(C)(C)C(=O)OCCO)C(=O)OC)c1ccc(OC)cc1.CCc1cc(C)cc(Cc2ccc(C)c(C)c2O)c1O.CCc1cccc(Cc2cccc(C)c2O)c1O.COCCn1c(=O)n(CCO)c(=O)n(CCOC(=O)c2ccc(C(=O)OC)cc2)c1=O. The van der Waals surface area contributed by atoms with E-state index in [1.807, 2.05) is 178 Å². The Labute approximate surface area is 813 Å². The molecule has 0 bridgehead atoms. The van der Waals surface area contributed by atoms with Gasteiger partial charge in [0.15, 0.2) is 0 Å². The van der Waals surface area contributed by atoms with Gasteiger partial charge in [-0.1, -0.05) is 188 Å². The maximum Gasteiger partial charge on any atom is 0.338 e. The number of benzene rings is 9. The minimum atomic E-state index is -0.920. The first kappa shape index (κ1) is 116. The van der Waals surface area contributed by atoms with Crippen molar-refractivity contribution in [3.05, 3.63) is 309 Å². The molecule has 1 saturated heterocycles. The Hall–Kier alpha value is -12.8. The molecule has 11 rings (SSSR count). The lowest BCUT2D eigenvalue weighted by Crippen LogP contribution is -2.55. The van der Waals surface area contributed by atoms with Crippen LogP contribution in [0.1, 0.15) is 251 Å². The lowest BCUT2D eigenvalue weighted by molar-refractivity contribution is -0.162. The lowest BCUT2D eigenvalue weighted by atomic mass is 9.68. The first-order valence-electron chi connectivity index (χ1n) is 47.0. The van der Waals surface area contributed by atoms with Crippen LogP contribution >= 0.6 is 0 Å². The summed E-state index contributed by atoms with van der Waals surface area (Å²) in [6.07, 6.45) is 7.61. The van der Waals surface area contributed by atoms with E-state index >= 15 is 0 Å². The number of carbonyl (C=O) groups is 5. The summed E-state index contributed by atoms with van der Waals surface area (Å²) in [6, 6.07) is 58.4. The Kier molecular flexibility index (Phi) is 48.1. The Balaban J connectivity index is 0.000000291. The molecule has 1 fully saturated rings. The van der Waals surface area contributed by atoms with Crippen LogP contribution in [0, 0.1) is 43.9 Å². The number of aromatic hydroxyl groups is 6. The molecule has 27 nitrogen and oxygen atoms in total. The number of methoxy groups -OCH3 is 4. The predicted molar refractivity (Wildman–Crippen MR) is 537 cm³/mol. The minimum absolute atomic E-state index is 0.0549. The average molecular weight is 1910 g/mol. The Bertz CT molecular complexity index is 5660. The van der Waals surface area contributed by atoms with Gasteiger partial charge in [-0.15, -0.1) is 0 Å². The van der Waals surface area contributed by atoms with E-state index in [4.69, 9.17) is 48.5 Å². The summed E-state index contributed by atoms with van der Waals surface area (Å²) in [7, 11) is 5.62. The number of aliphatic hydroxyl groups is 2. The van der Waals surface area contributed by atoms with Gasteiger partial charge in [-0.3, -0.25) is 14.4 Å². The molecule has 0 amide bonds. The van der Waals surface area contributed by atoms with Gasteiger partial charge in [-0.2, -0.15) is 0 Å². The van der Waals surface area contributed by atoms with Gasteiger partial charge in [0.25, 0.3) is 0 Å². The second-order valence-corrected chi connectivity index (χ2v) is 36.0. The summed E-state index contributed by atoms with van der Waals surface area (Å²) in [5.74, 6) is 2.40. The van der Waals surface area contributed by atoms with Crippen LogP contribution in [0.2, 0.25) is 0 Å². The number of rotatable bonds is 37. The van der Waals surface area contributed by atoms with Crippen molar-refractivity contribution in [2.24, 2.45) is 16.2 Å². The second kappa shape index (κ2) is 57.4. The highest BCUT2D eigenvalue weighted by molar-refractivity contribution is 5.93. The number of epoxide rings is 1. The van der Waals surface area contributed by atoms with Gasteiger partial charge in [0.05, 0.1) is 94.8 Å². The minimum Gasteiger partial charge on any atom is -0.508 e. The molecule has 8 N–H and O–H groups in total. The topological polar surface area (TPSA) is 390 Å². The largest absolute Gasteiger partial charge is 0.508 e. The fourth-order valence-corrected chi connectivity index (χ4v) is 15.3. The summed E-state index contributed by atoms with van der Waals surface area (Å²) >= 11 is 0. The Morgan fingerprint density at radius 3 is 1.42 bits per heavy atom. The molecule has 10 aromatic rings. The molecular weight excluding hydrogens is 1760 g/mol. The summed E-state index contributed by atoms with van der Waals surface area (Å²) in [5, 5.41) is 77.0. The van der Waals surface area contributed by atoms with Crippen molar-refractivity contribution in [1.82, 2.24) is 13.7 Å². The number of hydrogen-bond acceptors (Lipinski definition) is 24. The number of esters is 5. The van der Waals surface area contributed by atoms with Gasteiger partial charge in [-0.05, 0) is 270 Å². The van der Waals surface area contributed by atoms with Crippen molar-refractivity contribution in [2.75, 3.05) is 74.7 Å². The summed E-state index contributed by atoms with van der Waals surface area (Å²) in [5.41, 5.74) is 10.1. The van der Waals surface area contributed by atoms with Gasteiger partial charge in [0.1, 0.15) is 66.2 Å². The third kappa shape index (κ3) is 35.6. The number of ether oxygens (including phenoxy) is 8. The highest BCUT2D eigenvalue weighted by Gasteiger charge is 2.45. The maximum atomic E-state index is 12.7. The van der Waals surface area contributed by atoms with E-state index in [-0.39, 0.29) is 93.0 Å². The number of phenolic OH excluding ortho intramolecular Hbond substituents is 6. The quantitative estimate of drug-likeness (QED) is 0.0102. The van der Waals surface area contributed by atoms with Gasteiger partial charge in [0, 0.05) is 20.0 Å². The monoisotopic (exact) mass is 1910 g/mol. The predicted octanol–water partition coefficient (Wildman–Crippen LogP) is 18.9. The van der Waals surface area contributed by atoms with E-state index in [2.05, 4.69) is 69.7 Å². The van der Waals surface area contributed by atoms with Crippen molar-refractivity contribution in [2.45, 2.75) is 231 Å². The summed E-state index contributed by atoms with van der Waals surface area (Å²) in [6.45, 7) is 33.3. The molecular formula is C111H147N3O24. The van der Waals surface area contributed by atoms with Gasteiger partial charge >= 0.3 is 46.9 Å². The molecule has 138 heavy (non-hydrogen) atoms. The standard InChI is InChI=1S/C22H34O6.C19H23N3O9.C18H22O2.C17H20O.C16H18O2.C10H14O.C9H16O3/c1-7-16(17-8-10-18(26-5)11-9-17)14-22(4,20(25)27-6)15-21(2,3)19(24)28-13-12-23;1-29-11-8-21-17(26)20(7-10-23)18(27)22(19(21)28)9-12-31-16(25)14-5-3-13(4-6-14)15(24)30-2;1-5-14-8-11(2)9-16(18(14)20)10-15-7-6-12(3)13(4)17(15)19;1-13(15-6-4-3-5-7-15)12-14(2)16-8-10-17(18)11-9-16;1-3-12-7-5-9-14(16(12)18)10-13-8-4-6-11(2)15(13)17;1-3-8(2)9-4-6-10(11)7-5-9;1-4-9(2,3)8(10)12-6-7-5-11-7/h8-11,16,23H,7,12-15H2,1-6H3;3-6,23H,7-12H2,1-2H3;6-9,19-20H,5,10H2,1-4H3;3-11,13-14,18H,12H2,1-2H3;4-9,17-18H,3,10H2,1-2H3;4-8,11H,3H2,1-2H3;7H,4-6H2,1-3H3. The van der Waals surface area contributed by atoms with Crippen LogP contribution in [0.5, 0.6) is 40.2 Å². The van der Waals surface area contributed by atoms with Crippen molar-refractivity contribution in [1.29, 1.82) is 0 Å². The van der Waals surface area contributed by atoms with Crippen molar-refractivity contribution in [3.63, 3.8) is 0 Å². The van der Waals surface area contributed by atoms with E-state index in [1.165, 1.54) is 62.3 Å². The van der Waals surface area contributed by atoms with Crippen molar-refractivity contribution in [3.8, 4) is 40.2 Å². The molecule has 2 heterocycles. The number of hydrogen-bond donors (Lipinski definition) is 8. The first-order valence-corrected chi connectivity index (χ1v) is 47.0. The maximum absolute atomic E-state index is 12.7. The molecule has 27 heteroatoms. The third-order valence-corrected chi connectivity index (χ3v) is 24.6. The molecule has 6 unspecified atom stereocenters. The first-order chi connectivity index (χ1) is 65.5. The van der Waals surface area contributed by atoms with E-state index in [0.29, 0.717) is 78.1 Å². The van der Waals surface area contributed by atoms with Crippen LogP contribution < -0.4 is 21.8 Å². The summed E-state index contributed by atoms with van der Waals surface area (Å²) < 4.78 is 42.2. The number of nitrogens with zero attached hydrogens (tertiary/aromatic N) is 3. The molecule has 6 atom stereocenters. The van der Waals surface area contributed by atoms with E-state index in [0.717, 1.165) is 126 Å². The van der Waals surface area contributed by atoms with Crippen LogP contribution in [0.15, 0.2) is 202 Å². The summed E-state index contributed by atoms with van der Waals surface area (Å²) in [4.78, 5) is 97.5. The van der Waals surface area contributed by atoms with E-state index < -0.39 is 52.4 Å². The van der Waals surface area contributed by atoms with E-state index in [9.17, 15) is 63.9 Å².